The molecule has 0 unspecified atom stereocenters. The van der Waals surface area contributed by atoms with Gasteiger partial charge in [0.15, 0.2) is 0 Å². The van der Waals surface area contributed by atoms with Crippen molar-refractivity contribution in [1.82, 2.24) is 9.62 Å². The Kier molecular flexibility index (Phi) is 5.71. The van der Waals surface area contributed by atoms with Crippen LogP contribution in [-0.4, -0.2) is 37.9 Å². The average Bonchev–Trinajstić information content (AvgIpc) is 3.28. The van der Waals surface area contributed by atoms with Crippen molar-refractivity contribution >= 4 is 15.9 Å². The van der Waals surface area contributed by atoms with Crippen molar-refractivity contribution in [3.63, 3.8) is 0 Å². The van der Waals surface area contributed by atoms with E-state index in [0.29, 0.717) is 11.5 Å². The van der Waals surface area contributed by atoms with Gasteiger partial charge in [0.1, 0.15) is 0 Å². The molecule has 1 aliphatic carbocycles. The summed E-state index contributed by atoms with van der Waals surface area (Å²) in [6.07, 6.45) is 3.31. The molecule has 1 aromatic rings. The number of carbonyl (C=O) groups is 1. The van der Waals surface area contributed by atoms with Crippen LogP contribution in [0.25, 0.3) is 0 Å². The van der Waals surface area contributed by atoms with Crippen LogP contribution in [0.1, 0.15) is 57.3 Å². The summed E-state index contributed by atoms with van der Waals surface area (Å²) < 4.78 is 27.2. The van der Waals surface area contributed by atoms with Gasteiger partial charge in [-0.1, -0.05) is 6.92 Å². The highest BCUT2D eigenvalue weighted by Crippen LogP contribution is 2.30. The summed E-state index contributed by atoms with van der Waals surface area (Å²) in [6, 6.07) is 6.22. The zero-order valence-electron chi connectivity index (χ0n) is 15.0. The number of benzene rings is 1. The van der Waals surface area contributed by atoms with E-state index < -0.39 is 15.6 Å². The van der Waals surface area contributed by atoms with Gasteiger partial charge in [0, 0.05) is 24.2 Å². The maximum atomic E-state index is 12.6. The van der Waals surface area contributed by atoms with E-state index in [-0.39, 0.29) is 10.8 Å². The van der Waals surface area contributed by atoms with Gasteiger partial charge in [0.2, 0.25) is 10.0 Å². The third-order valence-corrected chi connectivity index (χ3v) is 5.58. The number of amides is 1. The molecule has 0 spiro atoms. The predicted molar refractivity (Wildman–Crippen MR) is 95.4 cm³/mol. The van der Waals surface area contributed by atoms with E-state index in [2.05, 4.69) is 11.6 Å². The van der Waals surface area contributed by atoms with Crippen LogP contribution in [0.3, 0.4) is 0 Å². The number of rotatable bonds is 7. The number of nitrogens with zero attached hydrogens (tertiary/aromatic N) is 1. The van der Waals surface area contributed by atoms with E-state index in [9.17, 15) is 13.2 Å². The summed E-state index contributed by atoms with van der Waals surface area (Å²) in [4.78, 5) is 14.7. The van der Waals surface area contributed by atoms with E-state index >= 15 is 0 Å². The third kappa shape index (κ3) is 5.31. The van der Waals surface area contributed by atoms with Gasteiger partial charge in [-0.05, 0) is 70.2 Å². The van der Waals surface area contributed by atoms with Gasteiger partial charge < -0.3 is 4.90 Å². The second-order valence-electron chi connectivity index (χ2n) is 7.57. The highest BCUT2D eigenvalue weighted by atomic mass is 32.2. The molecule has 1 N–H and O–H groups in total. The van der Waals surface area contributed by atoms with Crippen LogP contribution in [0.15, 0.2) is 29.2 Å². The molecule has 24 heavy (non-hydrogen) atoms. The highest BCUT2D eigenvalue weighted by Gasteiger charge is 2.27. The SMILES string of the molecule is CCCN(CC1CC1)C(=O)c1ccc(S(=O)(=O)NC(C)(C)C)cc1. The molecule has 1 amide bonds. The smallest absolute Gasteiger partial charge is 0.253 e. The monoisotopic (exact) mass is 352 g/mol. The molecular weight excluding hydrogens is 324 g/mol. The van der Waals surface area contributed by atoms with Crippen LogP contribution >= 0.6 is 0 Å². The fourth-order valence-electron chi connectivity index (χ4n) is 2.58. The summed E-state index contributed by atoms with van der Waals surface area (Å²) >= 11 is 0. The van der Waals surface area contributed by atoms with Gasteiger partial charge in [-0.15, -0.1) is 0 Å². The minimum atomic E-state index is -3.57. The van der Waals surface area contributed by atoms with Crippen molar-refractivity contribution < 1.29 is 13.2 Å². The highest BCUT2D eigenvalue weighted by molar-refractivity contribution is 7.89. The molecule has 1 fully saturated rings. The van der Waals surface area contributed by atoms with Crippen molar-refractivity contribution in [2.45, 2.75) is 57.4 Å². The Labute approximate surface area is 145 Å². The molecule has 1 aliphatic rings. The standard InChI is InChI=1S/C18H28N2O3S/c1-5-12-20(13-14-6-7-14)17(21)15-8-10-16(11-9-15)24(22,23)19-18(2,3)4/h8-11,14,19H,5-7,12-13H2,1-4H3. The second-order valence-corrected chi connectivity index (χ2v) is 9.26. The first-order chi connectivity index (χ1) is 11.1. The zero-order chi connectivity index (χ0) is 18.0. The van der Waals surface area contributed by atoms with Gasteiger partial charge in [-0.3, -0.25) is 4.79 Å². The topological polar surface area (TPSA) is 66.5 Å². The molecule has 134 valence electrons. The lowest BCUT2D eigenvalue weighted by Gasteiger charge is -2.22. The number of hydrogen-bond donors (Lipinski definition) is 1. The fraction of sp³-hybridized carbons (Fsp3) is 0.611. The van der Waals surface area contributed by atoms with Crippen LogP contribution < -0.4 is 4.72 Å². The molecule has 0 aliphatic heterocycles. The Hall–Kier alpha value is -1.40. The van der Waals surface area contributed by atoms with E-state index in [1.807, 2.05) is 4.90 Å². The van der Waals surface area contributed by atoms with Crippen molar-refractivity contribution in [2.75, 3.05) is 13.1 Å². The lowest BCUT2D eigenvalue weighted by atomic mass is 10.1. The van der Waals surface area contributed by atoms with E-state index in [1.165, 1.54) is 25.0 Å². The van der Waals surface area contributed by atoms with Crippen molar-refractivity contribution in [3.8, 4) is 0 Å². The number of hydrogen-bond acceptors (Lipinski definition) is 3. The van der Waals surface area contributed by atoms with Gasteiger partial charge in [-0.25, -0.2) is 13.1 Å². The van der Waals surface area contributed by atoms with Crippen molar-refractivity contribution in [3.05, 3.63) is 29.8 Å². The lowest BCUT2D eigenvalue weighted by molar-refractivity contribution is 0.0747. The van der Waals surface area contributed by atoms with Crippen molar-refractivity contribution in [2.24, 2.45) is 5.92 Å². The Balaban J connectivity index is 2.13. The molecule has 0 radical (unpaired) electrons. The van der Waals surface area contributed by atoms with Gasteiger partial charge in [0.25, 0.3) is 5.91 Å². The molecule has 1 saturated carbocycles. The number of nitrogens with one attached hydrogen (secondary N) is 1. The summed E-state index contributed by atoms with van der Waals surface area (Å²) in [7, 11) is -3.57. The van der Waals surface area contributed by atoms with Crippen LogP contribution in [0.5, 0.6) is 0 Å². The van der Waals surface area contributed by atoms with E-state index in [0.717, 1.165) is 19.5 Å². The zero-order valence-corrected chi connectivity index (χ0v) is 15.8. The first kappa shape index (κ1) is 18.9. The maximum absolute atomic E-state index is 12.6. The summed E-state index contributed by atoms with van der Waals surface area (Å²) in [5, 5.41) is 0. The Morgan fingerprint density at radius 2 is 1.79 bits per heavy atom. The molecular formula is C18H28N2O3S. The third-order valence-electron chi connectivity index (χ3n) is 3.81. The normalized spacial score (nSPS) is 15.3. The first-order valence-corrected chi connectivity index (χ1v) is 10.0. The van der Waals surface area contributed by atoms with E-state index in [1.54, 1.807) is 32.9 Å². The lowest BCUT2D eigenvalue weighted by Crippen LogP contribution is -2.40. The van der Waals surface area contributed by atoms with Crippen molar-refractivity contribution in [1.29, 1.82) is 0 Å². The first-order valence-electron chi connectivity index (χ1n) is 8.55. The summed E-state index contributed by atoms with van der Waals surface area (Å²) in [5.41, 5.74) is -0.00555. The predicted octanol–water partition coefficient (Wildman–Crippen LogP) is 3.03. The maximum Gasteiger partial charge on any atom is 0.253 e. The minimum absolute atomic E-state index is 0.0171. The largest absolute Gasteiger partial charge is 0.338 e. The average molecular weight is 353 g/mol. The molecule has 0 atom stereocenters. The molecule has 5 nitrogen and oxygen atoms in total. The molecule has 0 heterocycles. The fourth-order valence-corrected chi connectivity index (χ4v) is 4.00. The second kappa shape index (κ2) is 7.23. The van der Waals surface area contributed by atoms with Crippen LogP contribution in [0.4, 0.5) is 0 Å². The quantitative estimate of drug-likeness (QED) is 0.820. The van der Waals surface area contributed by atoms with Gasteiger partial charge in [-0.2, -0.15) is 0 Å². The molecule has 2 rings (SSSR count). The molecule has 0 saturated heterocycles. The van der Waals surface area contributed by atoms with Crippen LogP contribution in [0, 0.1) is 5.92 Å². The molecule has 1 aromatic carbocycles. The summed E-state index contributed by atoms with van der Waals surface area (Å²) in [6.45, 7) is 8.98. The molecule has 0 aromatic heterocycles. The van der Waals surface area contributed by atoms with Gasteiger partial charge >= 0.3 is 0 Å². The van der Waals surface area contributed by atoms with Gasteiger partial charge in [0.05, 0.1) is 4.90 Å². The summed E-state index contributed by atoms with van der Waals surface area (Å²) in [5.74, 6) is 0.618. The minimum Gasteiger partial charge on any atom is -0.338 e. The Bertz CT molecular complexity index is 671. The number of sulfonamides is 1. The molecule has 0 bridgehead atoms. The Morgan fingerprint density at radius 3 is 2.25 bits per heavy atom. The van der Waals surface area contributed by atoms with Crippen LogP contribution in [0.2, 0.25) is 0 Å². The van der Waals surface area contributed by atoms with E-state index in [4.69, 9.17) is 0 Å². The molecule has 6 heteroatoms. The van der Waals surface area contributed by atoms with Crippen LogP contribution in [-0.2, 0) is 10.0 Å². The Morgan fingerprint density at radius 1 is 1.21 bits per heavy atom. The number of carbonyl (C=O) groups excluding carboxylic acids is 1.